The van der Waals surface area contributed by atoms with E-state index in [0.717, 1.165) is 10.4 Å². The van der Waals surface area contributed by atoms with Crippen molar-refractivity contribution in [3.63, 3.8) is 0 Å². The first-order valence-corrected chi connectivity index (χ1v) is 6.95. The molecule has 0 bridgehead atoms. The maximum atomic E-state index is 12.8. The SMILES string of the molecule is CCOC(=O)c1sc(-c2ccc(F)cc2)cc1Br. The standard InChI is InChI=1S/C13H10BrFO2S/c1-2-17-13(16)12-10(14)7-11(18-12)8-3-5-9(15)6-4-8/h3-7H,2H2,1H3. The highest BCUT2D eigenvalue weighted by atomic mass is 79.9. The first-order chi connectivity index (χ1) is 8.61. The fourth-order valence-electron chi connectivity index (χ4n) is 1.46. The minimum absolute atomic E-state index is 0.278. The predicted molar refractivity (Wildman–Crippen MR) is 73.4 cm³/mol. The molecule has 0 saturated heterocycles. The first kappa shape index (κ1) is 13.2. The Hall–Kier alpha value is -1.20. The fourth-order valence-corrected chi connectivity index (χ4v) is 3.20. The van der Waals surface area contributed by atoms with Crippen molar-refractivity contribution in [2.24, 2.45) is 0 Å². The van der Waals surface area contributed by atoms with Crippen LogP contribution < -0.4 is 0 Å². The van der Waals surface area contributed by atoms with E-state index in [1.165, 1.54) is 23.5 Å². The lowest BCUT2D eigenvalue weighted by molar-refractivity contribution is 0.0531. The first-order valence-electron chi connectivity index (χ1n) is 5.34. The molecule has 18 heavy (non-hydrogen) atoms. The largest absolute Gasteiger partial charge is 0.462 e. The van der Waals surface area contributed by atoms with Crippen LogP contribution in [0.25, 0.3) is 10.4 Å². The van der Waals surface area contributed by atoms with Crippen LogP contribution in [-0.2, 0) is 4.74 Å². The monoisotopic (exact) mass is 328 g/mol. The number of esters is 1. The third kappa shape index (κ3) is 2.79. The summed E-state index contributed by atoms with van der Waals surface area (Å²) >= 11 is 4.66. The quantitative estimate of drug-likeness (QED) is 0.776. The summed E-state index contributed by atoms with van der Waals surface area (Å²) in [5.41, 5.74) is 0.873. The molecular weight excluding hydrogens is 319 g/mol. The highest BCUT2D eigenvalue weighted by molar-refractivity contribution is 9.10. The van der Waals surface area contributed by atoms with Crippen LogP contribution in [-0.4, -0.2) is 12.6 Å². The third-order valence-electron chi connectivity index (χ3n) is 2.28. The van der Waals surface area contributed by atoms with Crippen molar-refractivity contribution in [2.45, 2.75) is 6.92 Å². The molecule has 0 unspecified atom stereocenters. The topological polar surface area (TPSA) is 26.3 Å². The van der Waals surface area contributed by atoms with Gasteiger partial charge in [-0.1, -0.05) is 12.1 Å². The molecule has 0 radical (unpaired) electrons. The number of thiophene rings is 1. The Bertz CT molecular complexity index is 563. The average molecular weight is 329 g/mol. The molecule has 0 amide bonds. The number of carbonyl (C=O) groups is 1. The Morgan fingerprint density at radius 1 is 1.39 bits per heavy atom. The summed E-state index contributed by atoms with van der Waals surface area (Å²) in [5.74, 6) is -0.622. The second kappa shape index (κ2) is 5.63. The lowest BCUT2D eigenvalue weighted by Crippen LogP contribution is -2.02. The summed E-state index contributed by atoms with van der Waals surface area (Å²) in [6.45, 7) is 2.11. The van der Waals surface area contributed by atoms with Crippen LogP contribution in [0.2, 0.25) is 0 Å². The fraction of sp³-hybridized carbons (Fsp3) is 0.154. The van der Waals surface area contributed by atoms with Crippen molar-refractivity contribution in [1.29, 1.82) is 0 Å². The molecule has 0 saturated carbocycles. The van der Waals surface area contributed by atoms with Crippen LogP contribution in [0.15, 0.2) is 34.8 Å². The van der Waals surface area contributed by atoms with Gasteiger partial charge in [0.1, 0.15) is 10.7 Å². The maximum Gasteiger partial charge on any atom is 0.349 e. The zero-order valence-electron chi connectivity index (χ0n) is 9.57. The molecule has 94 valence electrons. The number of benzene rings is 1. The van der Waals surface area contributed by atoms with Gasteiger partial charge in [0, 0.05) is 9.35 Å². The van der Waals surface area contributed by atoms with E-state index in [-0.39, 0.29) is 11.8 Å². The molecule has 0 aliphatic carbocycles. The number of hydrogen-bond donors (Lipinski definition) is 0. The van der Waals surface area contributed by atoms with E-state index < -0.39 is 0 Å². The molecule has 2 nitrogen and oxygen atoms in total. The van der Waals surface area contributed by atoms with E-state index in [2.05, 4.69) is 15.9 Å². The normalized spacial score (nSPS) is 10.4. The van der Waals surface area contributed by atoms with Crippen molar-refractivity contribution < 1.29 is 13.9 Å². The van der Waals surface area contributed by atoms with Gasteiger partial charge in [0.05, 0.1) is 6.61 Å². The lowest BCUT2D eigenvalue weighted by Gasteiger charge is -1.98. The number of carbonyl (C=O) groups excluding carboxylic acids is 1. The van der Waals surface area contributed by atoms with E-state index in [0.29, 0.717) is 16.0 Å². The summed E-state index contributed by atoms with van der Waals surface area (Å²) < 4.78 is 18.5. The van der Waals surface area contributed by atoms with Crippen molar-refractivity contribution >= 4 is 33.2 Å². The van der Waals surface area contributed by atoms with Crippen LogP contribution in [0, 0.1) is 5.82 Å². The van der Waals surface area contributed by atoms with Gasteiger partial charge in [0.15, 0.2) is 0 Å². The van der Waals surface area contributed by atoms with E-state index in [1.54, 1.807) is 19.1 Å². The molecule has 1 heterocycles. The van der Waals surface area contributed by atoms with Crippen molar-refractivity contribution in [3.05, 3.63) is 45.5 Å². The van der Waals surface area contributed by atoms with Crippen LogP contribution in [0.3, 0.4) is 0 Å². The second-order valence-corrected chi connectivity index (χ2v) is 5.42. The molecule has 1 aromatic heterocycles. The molecule has 2 rings (SSSR count). The highest BCUT2D eigenvalue weighted by Gasteiger charge is 2.16. The minimum atomic E-state index is -0.345. The molecule has 0 spiro atoms. The third-order valence-corrected chi connectivity index (χ3v) is 4.33. The number of ether oxygens (including phenoxy) is 1. The molecule has 1 aromatic carbocycles. The Labute approximate surface area is 117 Å². The average Bonchev–Trinajstić information content (AvgIpc) is 2.72. The van der Waals surface area contributed by atoms with E-state index in [9.17, 15) is 9.18 Å². The summed E-state index contributed by atoms with van der Waals surface area (Å²) in [7, 11) is 0. The smallest absolute Gasteiger partial charge is 0.349 e. The Balaban J connectivity index is 2.34. The van der Waals surface area contributed by atoms with Gasteiger partial charge < -0.3 is 4.74 Å². The highest BCUT2D eigenvalue weighted by Crippen LogP contribution is 2.35. The van der Waals surface area contributed by atoms with Gasteiger partial charge in [-0.3, -0.25) is 0 Å². The van der Waals surface area contributed by atoms with Gasteiger partial charge in [0.25, 0.3) is 0 Å². The van der Waals surface area contributed by atoms with Crippen molar-refractivity contribution in [1.82, 2.24) is 0 Å². The predicted octanol–water partition coefficient (Wildman–Crippen LogP) is 4.49. The molecule has 0 aliphatic heterocycles. The lowest BCUT2D eigenvalue weighted by atomic mass is 10.2. The maximum absolute atomic E-state index is 12.8. The van der Waals surface area contributed by atoms with E-state index in [1.807, 2.05) is 6.07 Å². The molecule has 5 heteroatoms. The van der Waals surface area contributed by atoms with Crippen molar-refractivity contribution in [3.8, 4) is 10.4 Å². The van der Waals surface area contributed by atoms with Gasteiger partial charge in [-0.2, -0.15) is 0 Å². The van der Waals surface area contributed by atoms with Gasteiger partial charge in [-0.25, -0.2) is 9.18 Å². The van der Waals surface area contributed by atoms with Gasteiger partial charge in [-0.15, -0.1) is 11.3 Å². The van der Waals surface area contributed by atoms with Crippen LogP contribution in [0.1, 0.15) is 16.6 Å². The number of rotatable bonds is 3. The summed E-state index contributed by atoms with van der Waals surface area (Å²) in [6.07, 6.45) is 0. The summed E-state index contributed by atoms with van der Waals surface area (Å²) in [5, 5.41) is 0. The molecule has 2 aromatic rings. The van der Waals surface area contributed by atoms with Crippen LogP contribution in [0.4, 0.5) is 4.39 Å². The summed E-state index contributed by atoms with van der Waals surface area (Å²) in [4.78, 5) is 13.1. The molecule has 0 N–H and O–H groups in total. The molecule has 0 atom stereocenters. The minimum Gasteiger partial charge on any atom is -0.462 e. The van der Waals surface area contributed by atoms with Crippen LogP contribution in [0.5, 0.6) is 0 Å². The zero-order valence-corrected chi connectivity index (χ0v) is 12.0. The van der Waals surface area contributed by atoms with E-state index >= 15 is 0 Å². The Morgan fingerprint density at radius 3 is 2.67 bits per heavy atom. The second-order valence-electron chi connectivity index (χ2n) is 3.52. The molecule has 0 aliphatic rings. The van der Waals surface area contributed by atoms with Crippen molar-refractivity contribution in [2.75, 3.05) is 6.61 Å². The number of hydrogen-bond acceptors (Lipinski definition) is 3. The summed E-state index contributed by atoms with van der Waals surface area (Å²) in [6, 6.07) is 8.00. The van der Waals surface area contributed by atoms with Gasteiger partial charge in [0.2, 0.25) is 0 Å². The van der Waals surface area contributed by atoms with Gasteiger partial charge in [-0.05, 0) is 46.6 Å². The van der Waals surface area contributed by atoms with E-state index in [4.69, 9.17) is 4.74 Å². The van der Waals surface area contributed by atoms with Crippen LogP contribution >= 0.6 is 27.3 Å². The molecule has 0 fully saturated rings. The zero-order chi connectivity index (χ0) is 13.1. The Kier molecular flexibility index (Phi) is 4.14. The number of halogens is 2. The van der Waals surface area contributed by atoms with Gasteiger partial charge >= 0.3 is 5.97 Å². The molecular formula is C13H10BrFO2S. The Morgan fingerprint density at radius 2 is 2.06 bits per heavy atom.